The van der Waals surface area contributed by atoms with Crippen LogP contribution in [0.5, 0.6) is 0 Å². The molecule has 1 unspecified atom stereocenters. The van der Waals surface area contributed by atoms with Crippen LogP contribution in [0.15, 0.2) is 35.7 Å². The van der Waals surface area contributed by atoms with Gasteiger partial charge in [-0.2, -0.15) is 0 Å². The van der Waals surface area contributed by atoms with E-state index in [4.69, 9.17) is 5.11 Å². The number of carbonyl (C=O) groups is 2. The smallest absolute Gasteiger partial charge is 0.329 e. The maximum absolute atomic E-state index is 11.9. The van der Waals surface area contributed by atoms with Gasteiger partial charge in [-0.05, 0) is 18.1 Å². The van der Waals surface area contributed by atoms with Crippen molar-refractivity contribution in [3.63, 3.8) is 0 Å². The zero-order valence-electron chi connectivity index (χ0n) is 14.1. The van der Waals surface area contributed by atoms with Gasteiger partial charge in [0.1, 0.15) is 6.04 Å². The molecular weight excluding hydrogens is 344 g/mol. The van der Waals surface area contributed by atoms with Gasteiger partial charge in [0.15, 0.2) is 0 Å². The molecule has 1 aromatic rings. The van der Waals surface area contributed by atoms with Gasteiger partial charge >= 0.3 is 12.0 Å². The molecule has 1 atom stereocenters. The van der Waals surface area contributed by atoms with Gasteiger partial charge in [0.05, 0.1) is 5.41 Å². The molecule has 0 bridgehead atoms. The van der Waals surface area contributed by atoms with Crippen molar-refractivity contribution < 1.29 is 23.1 Å². The zero-order valence-corrected chi connectivity index (χ0v) is 15.0. The average molecular weight is 368 g/mol. The number of amides is 2. The van der Waals surface area contributed by atoms with Crippen LogP contribution in [0.1, 0.15) is 44.6 Å². The Kier molecular flexibility index (Phi) is 8.69. The van der Waals surface area contributed by atoms with Crippen molar-refractivity contribution in [1.29, 1.82) is 0 Å². The number of hydrogen-bond acceptors (Lipinski definition) is 4. The number of sulfonamides is 1. The summed E-state index contributed by atoms with van der Waals surface area (Å²) in [6.45, 7) is 2.04. The second-order valence-electron chi connectivity index (χ2n) is 5.57. The summed E-state index contributed by atoms with van der Waals surface area (Å²) in [4.78, 5) is 22.9. The fourth-order valence-electron chi connectivity index (χ4n) is 2.12. The summed E-state index contributed by atoms with van der Waals surface area (Å²) in [6, 6.07) is 6.55. The first kappa shape index (κ1) is 20.7. The van der Waals surface area contributed by atoms with Crippen LogP contribution in [0, 0.1) is 0 Å². The molecule has 0 spiro atoms. The first-order chi connectivity index (χ1) is 11.8. The molecule has 0 radical (unpaired) electrons. The molecule has 3 N–H and O–H groups in total. The van der Waals surface area contributed by atoms with Crippen LogP contribution in [0.4, 0.5) is 4.79 Å². The average Bonchev–Trinajstić information content (AvgIpc) is 2.56. The number of carboxylic acids is 1. The topological polar surface area (TPSA) is 113 Å². The van der Waals surface area contributed by atoms with E-state index in [-0.39, 0.29) is 6.42 Å². The third-order valence-corrected chi connectivity index (χ3v) is 4.39. The lowest BCUT2D eigenvalue weighted by atomic mass is 10.1. The summed E-state index contributed by atoms with van der Waals surface area (Å²) >= 11 is 0. The van der Waals surface area contributed by atoms with Gasteiger partial charge in [-0.25, -0.2) is 22.7 Å². The summed E-state index contributed by atoms with van der Waals surface area (Å²) in [5, 5.41) is 12.2. The Morgan fingerprint density at radius 3 is 2.44 bits per heavy atom. The third-order valence-electron chi connectivity index (χ3n) is 3.42. The highest BCUT2D eigenvalue weighted by atomic mass is 32.2. The highest BCUT2D eigenvalue weighted by Gasteiger charge is 2.21. The van der Waals surface area contributed by atoms with Crippen molar-refractivity contribution in [2.45, 2.75) is 45.1 Å². The minimum atomic E-state index is -4.01. The largest absolute Gasteiger partial charge is 0.480 e. The quantitative estimate of drug-likeness (QED) is 0.550. The number of rotatable bonds is 10. The maximum atomic E-state index is 11.9. The van der Waals surface area contributed by atoms with E-state index in [9.17, 15) is 18.0 Å². The van der Waals surface area contributed by atoms with E-state index in [0.29, 0.717) is 12.0 Å². The first-order valence-corrected chi connectivity index (χ1v) is 9.68. The Labute approximate surface area is 148 Å². The number of benzene rings is 1. The van der Waals surface area contributed by atoms with Crippen molar-refractivity contribution in [1.82, 2.24) is 10.0 Å². The van der Waals surface area contributed by atoms with Gasteiger partial charge < -0.3 is 10.4 Å². The van der Waals surface area contributed by atoms with Gasteiger partial charge in [0.25, 0.3) is 10.0 Å². The normalized spacial score (nSPS) is 12.7. The molecule has 0 aliphatic rings. The summed E-state index contributed by atoms with van der Waals surface area (Å²) in [7, 11) is -4.01. The Morgan fingerprint density at radius 1 is 1.16 bits per heavy atom. The van der Waals surface area contributed by atoms with Crippen LogP contribution in [-0.4, -0.2) is 31.6 Å². The highest BCUT2D eigenvalue weighted by Crippen LogP contribution is 2.06. The highest BCUT2D eigenvalue weighted by molar-refractivity contribution is 7.93. The van der Waals surface area contributed by atoms with E-state index in [1.54, 1.807) is 35.1 Å². The number of unbranched alkanes of at least 4 members (excludes halogenated alkanes) is 3. The fourth-order valence-corrected chi connectivity index (χ4v) is 2.84. The monoisotopic (exact) mass is 368 g/mol. The Hall–Kier alpha value is -2.35. The molecule has 8 heteroatoms. The fraction of sp³-hybridized carbons (Fsp3) is 0.412. The van der Waals surface area contributed by atoms with E-state index in [1.807, 2.05) is 6.92 Å². The van der Waals surface area contributed by atoms with Gasteiger partial charge in [0.2, 0.25) is 0 Å². The molecule has 0 aromatic heterocycles. The molecule has 138 valence electrons. The first-order valence-electron chi connectivity index (χ1n) is 8.13. The van der Waals surface area contributed by atoms with E-state index < -0.39 is 28.1 Å². The van der Waals surface area contributed by atoms with Crippen LogP contribution in [0.2, 0.25) is 0 Å². The lowest BCUT2D eigenvalue weighted by Crippen LogP contribution is -2.47. The Morgan fingerprint density at radius 2 is 1.84 bits per heavy atom. The zero-order chi connectivity index (χ0) is 18.7. The van der Waals surface area contributed by atoms with E-state index in [2.05, 4.69) is 5.32 Å². The maximum Gasteiger partial charge on any atom is 0.329 e. The standard InChI is InChI=1S/C17H24N2O5S/c1-2-3-4-8-11-15(16(20)21)18-17(22)19-25(23,24)13-12-14-9-6-5-7-10-14/h5-7,9-10,12-13,15H,2-4,8,11H2,1H3,(H,20,21)(H2,18,19,22)/b13-12+. The lowest BCUT2D eigenvalue weighted by Gasteiger charge is -2.14. The minimum Gasteiger partial charge on any atom is -0.480 e. The molecule has 1 aromatic carbocycles. The number of hydrogen-bond donors (Lipinski definition) is 3. The molecular formula is C17H24N2O5S. The van der Waals surface area contributed by atoms with E-state index in [1.165, 1.54) is 6.08 Å². The number of urea groups is 1. The van der Waals surface area contributed by atoms with Crippen LogP contribution < -0.4 is 10.0 Å². The molecule has 25 heavy (non-hydrogen) atoms. The predicted molar refractivity (Wildman–Crippen MR) is 96.2 cm³/mol. The molecule has 0 aliphatic heterocycles. The van der Waals surface area contributed by atoms with Crippen molar-refractivity contribution in [3.05, 3.63) is 41.3 Å². The molecule has 0 aliphatic carbocycles. The van der Waals surface area contributed by atoms with Crippen LogP contribution >= 0.6 is 0 Å². The summed E-state index contributed by atoms with van der Waals surface area (Å²) < 4.78 is 25.5. The number of aliphatic carboxylic acids is 1. The van der Waals surface area contributed by atoms with Crippen LogP contribution in [0.3, 0.4) is 0 Å². The predicted octanol–water partition coefficient (Wildman–Crippen LogP) is 2.71. The number of carbonyl (C=O) groups excluding carboxylic acids is 1. The molecule has 0 heterocycles. The van der Waals surface area contributed by atoms with E-state index in [0.717, 1.165) is 24.7 Å². The van der Waals surface area contributed by atoms with Gasteiger partial charge in [-0.3, -0.25) is 0 Å². The third kappa shape index (κ3) is 8.90. The molecule has 7 nitrogen and oxygen atoms in total. The van der Waals surface area contributed by atoms with Crippen molar-refractivity contribution in [2.75, 3.05) is 0 Å². The Bertz CT molecular complexity index is 686. The van der Waals surface area contributed by atoms with Crippen LogP contribution in [0.25, 0.3) is 6.08 Å². The molecule has 0 saturated carbocycles. The summed E-state index contributed by atoms with van der Waals surface area (Å²) in [6.07, 6.45) is 5.10. The van der Waals surface area contributed by atoms with Crippen molar-refractivity contribution >= 4 is 28.1 Å². The second kappa shape index (κ2) is 10.5. The van der Waals surface area contributed by atoms with Crippen molar-refractivity contribution in [2.24, 2.45) is 0 Å². The molecule has 0 saturated heterocycles. The molecule has 1 rings (SSSR count). The SMILES string of the molecule is CCCCCCC(NC(=O)NS(=O)(=O)/C=C/c1ccccc1)C(=O)O. The molecule has 2 amide bonds. The number of nitrogens with one attached hydrogen (secondary N) is 2. The summed E-state index contributed by atoms with van der Waals surface area (Å²) in [5.74, 6) is -1.19. The van der Waals surface area contributed by atoms with E-state index >= 15 is 0 Å². The Balaban J connectivity index is 2.57. The molecule has 0 fully saturated rings. The van der Waals surface area contributed by atoms with Gasteiger partial charge in [0, 0.05) is 0 Å². The van der Waals surface area contributed by atoms with Crippen LogP contribution in [-0.2, 0) is 14.8 Å². The minimum absolute atomic E-state index is 0.253. The second-order valence-corrected chi connectivity index (χ2v) is 7.14. The summed E-state index contributed by atoms with van der Waals surface area (Å²) in [5.41, 5.74) is 0.660. The van der Waals surface area contributed by atoms with Crippen molar-refractivity contribution in [3.8, 4) is 0 Å². The van der Waals surface area contributed by atoms with Gasteiger partial charge in [-0.1, -0.05) is 62.9 Å². The lowest BCUT2D eigenvalue weighted by molar-refractivity contribution is -0.139. The number of carboxylic acid groups (broad SMARTS) is 1. The van der Waals surface area contributed by atoms with Gasteiger partial charge in [-0.15, -0.1) is 0 Å².